The van der Waals surface area contributed by atoms with Crippen LogP contribution in [-0.2, 0) is 9.53 Å². The van der Waals surface area contributed by atoms with Gasteiger partial charge in [-0.3, -0.25) is 14.9 Å². The summed E-state index contributed by atoms with van der Waals surface area (Å²) in [6.07, 6.45) is 2.09. The zero-order valence-corrected chi connectivity index (χ0v) is 17.3. The molecule has 0 saturated carbocycles. The lowest BCUT2D eigenvalue weighted by Crippen LogP contribution is -2.39. The summed E-state index contributed by atoms with van der Waals surface area (Å²) in [5, 5.41) is 11.7. The van der Waals surface area contributed by atoms with E-state index in [1.165, 1.54) is 13.0 Å². The van der Waals surface area contributed by atoms with Gasteiger partial charge >= 0.3 is 5.97 Å². The summed E-state index contributed by atoms with van der Waals surface area (Å²) >= 11 is 0. The number of nitro benzene ring substituents is 1. The molecule has 158 valence electrons. The molecule has 8 nitrogen and oxygen atoms in total. The predicted octanol–water partition coefficient (Wildman–Crippen LogP) is 3.24. The minimum absolute atomic E-state index is 0.0830. The lowest BCUT2D eigenvalue weighted by Gasteiger charge is -2.36. The highest BCUT2D eigenvalue weighted by molar-refractivity contribution is 5.93. The number of amides is 1. The number of piperidine rings is 1. The van der Waals surface area contributed by atoms with E-state index in [2.05, 4.69) is 13.8 Å². The lowest BCUT2D eigenvalue weighted by molar-refractivity contribution is -0.384. The molecule has 3 rings (SSSR count). The zero-order valence-electron chi connectivity index (χ0n) is 17.3. The van der Waals surface area contributed by atoms with Gasteiger partial charge in [-0.2, -0.15) is 0 Å². The van der Waals surface area contributed by atoms with Gasteiger partial charge in [0.2, 0.25) is 0 Å². The van der Waals surface area contributed by atoms with Crippen molar-refractivity contribution >= 4 is 23.3 Å². The van der Waals surface area contributed by atoms with Crippen LogP contribution >= 0.6 is 0 Å². The third kappa shape index (κ3) is 4.86. The van der Waals surface area contributed by atoms with Gasteiger partial charge in [-0.05, 0) is 50.2 Å². The third-order valence-corrected chi connectivity index (χ3v) is 5.67. The number of hydrogen-bond acceptors (Lipinski definition) is 6. The van der Waals surface area contributed by atoms with Gasteiger partial charge in [0.15, 0.2) is 6.10 Å². The topological polar surface area (TPSA) is 93.0 Å². The van der Waals surface area contributed by atoms with Crippen molar-refractivity contribution < 1.29 is 19.2 Å². The molecule has 3 unspecified atom stereocenters. The molecule has 8 heteroatoms. The Labute approximate surface area is 171 Å². The number of anilines is 1. The largest absolute Gasteiger partial charge is 0.449 e. The fourth-order valence-electron chi connectivity index (χ4n) is 4.40. The first kappa shape index (κ1) is 21.1. The summed E-state index contributed by atoms with van der Waals surface area (Å²) in [5.41, 5.74) is 0.491. The second kappa shape index (κ2) is 8.80. The van der Waals surface area contributed by atoms with Crippen LogP contribution in [-0.4, -0.2) is 54.0 Å². The minimum atomic E-state index is -0.914. The van der Waals surface area contributed by atoms with Gasteiger partial charge in [0.05, 0.1) is 10.5 Å². The fourth-order valence-corrected chi connectivity index (χ4v) is 4.40. The standard InChI is InChI=1S/C21H29N3O5/c1-14-10-15(2)13-23(12-14)18-7-6-17(11-19(18)24(27)28)21(26)29-16(3)20(25)22-8-4-5-9-22/h6-7,11,14-16H,4-5,8-10,12-13H2,1-3H3. The quantitative estimate of drug-likeness (QED) is 0.426. The van der Waals surface area contributed by atoms with Crippen LogP contribution in [0, 0.1) is 22.0 Å². The van der Waals surface area contributed by atoms with Gasteiger partial charge < -0.3 is 14.5 Å². The van der Waals surface area contributed by atoms with Gasteiger partial charge in [0, 0.05) is 32.2 Å². The highest BCUT2D eigenvalue weighted by Crippen LogP contribution is 2.34. The number of nitro groups is 1. The molecular weight excluding hydrogens is 374 g/mol. The second-order valence-corrected chi connectivity index (χ2v) is 8.39. The van der Waals surface area contributed by atoms with Crippen molar-refractivity contribution in [1.82, 2.24) is 4.90 Å². The van der Waals surface area contributed by atoms with E-state index in [9.17, 15) is 19.7 Å². The average Bonchev–Trinajstić information content (AvgIpc) is 3.20. The van der Waals surface area contributed by atoms with Gasteiger partial charge in [-0.25, -0.2) is 4.79 Å². The first-order chi connectivity index (χ1) is 13.8. The first-order valence-electron chi connectivity index (χ1n) is 10.3. The number of esters is 1. The number of carbonyl (C=O) groups is 2. The van der Waals surface area contributed by atoms with Crippen molar-refractivity contribution in [2.45, 2.75) is 46.1 Å². The number of rotatable bonds is 5. The summed E-state index contributed by atoms with van der Waals surface area (Å²) in [6.45, 7) is 8.66. The molecule has 0 N–H and O–H groups in total. The molecule has 1 amide bonds. The van der Waals surface area contributed by atoms with E-state index >= 15 is 0 Å². The normalized spacial score (nSPS) is 23.0. The Hall–Kier alpha value is -2.64. The van der Waals surface area contributed by atoms with E-state index in [0.717, 1.165) is 32.4 Å². The molecular formula is C21H29N3O5. The summed E-state index contributed by atoms with van der Waals surface area (Å²) in [6, 6.07) is 4.42. The molecule has 1 aromatic rings. The van der Waals surface area contributed by atoms with E-state index < -0.39 is 17.0 Å². The molecule has 0 spiro atoms. The van der Waals surface area contributed by atoms with Crippen molar-refractivity contribution in [1.29, 1.82) is 0 Å². The smallest absolute Gasteiger partial charge is 0.339 e. The van der Waals surface area contributed by atoms with Crippen LogP contribution in [0.1, 0.15) is 50.4 Å². The highest BCUT2D eigenvalue weighted by atomic mass is 16.6. The van der Waals surface area contributed by atoms with Gasteiger partial charge in [0.1, 0.15) is 5.69 Å². The van der Waals surface area contributed by atoms with Crippen molar-refractivity contribution in [3.05, 3.63) is 33.9 Å². The number of hydrogen-bond donors (Lipinski definition) is 0. The van der Waals surface area contributed by atoms with Crippen molar-refractivity contribution in [2.24, 2.45) is 11.8 Å². The first-order valence-corrected chi connectivity index (χ1v) is 10.3. The molecule has 2 saturated heterocycles. The van der Waals surface area contributed by atoms with Crippen LogP contribution in [0.15, 0.2) is 18.2 Å². The number of carbonyl (C=O) groups excluding carboxylic acids is 2. The molecule has 29 heavy (non-hydrogen) atoms. The van der Waals surface area contributed by atoms with E-state index in [1.807, 2.05) is 4.90 Å². The third-order valence-electron chi connectivity index (χ3n) is 5.67. The Balaban J connectivity index is 1.76. The number of nitrogens with zero attached hydrogens (tertiary/aromatic N) is 3. The molecule has 1 aromatic carbocycles. The summed E-state index contributed by atoms with van der Waals surface area (Å²) < 4.78 is 5.30. The van der Waals surface area contributed by atoms with Gasteiger partial charge in [-0.15, -0.1) is 0 Å². The molecule has 2 fully saturated rings. The number of likely N-dealkylation sites (tertiary alicyclic amines) is 1. The van der Waals surface area contributed by atoms with Crippen LogP contribution < -0.4 is 4.90 Å². The van der Waals surface area contributed by atoms with E-state index in [0.29, 0.717) is 30.6 Å². The average molecular weight is 403 g/mol. The monoisotopic (exact) mass is 403 g/mol. The molecule has 0 radical (unpaired) electrons. The van der Waals surface area contributed by atoms with Crippen molar-refractivity contribution in [3.63, 3.8) is 0 Å². The Kier molecular flexibility index (Phi) is 6.39. The number of ether oxygens (including phenoxy) is 1. The van der Waals surface area contributed by atoms with Crippen LogP contribution in [0.3, 0.4) is 0 Å². The fraction of sp³-hybridized carbons (Fsp3) is 0.619. The number of benzene rings is 1. The second-order valence-electron chi connectivity index (χ2n) is 8.39. The lowest BCUT2D eigenvalue weighted by atomic mass is 9.91. The summed E-state index contributed by atoms with van der Waals surface area (Å²) in [4.78, 5) is 39.8. The van der Waals surface area contributed by atoms with Crippen molar-refractivity contribution in [3.8, 4) is 0 Å². The molecule has 2 heterocycles. The maximum absolute atomic E-state index is 12.5. The Bertz CT molecular complexity index is 781. The van der Waals surface area contributed by atoms with Crippen molar-refractivity contribution in [2.75, 3.05) is 31.1 Å². The predicted molar refractivity (Wildman–Crippen MR) is 109 cm³/mol. The van der Waals surface area contributed by atoms with E-state index in [-0.39, 0.29) is 17.2 Å². The molecule has 2 aliphatic rings. The maximum Gasteiger partial charge on any atom is 0.339 e. The van der Waals surface area contributed by atoms with Crippen LogP contribution in [0.25, 0.3) is 0 Å². The SMILES string of the molecule is CC1CC(C)CN(c2ccc(C(=O)OC(C)C(=O)N3CCCC3)cc2[N+](=O)[O-])C1. The Morgan fingerprint density at radius 3 is 2.38 bits per heavy atom. The summed E-state index contributed by atoms with van der Waals surface area (Å²) in [5.74, 6) is -0.0563. The van der Waals surface area contributed by atoms with Crippen LogP contribution in [0.2, 0.25) is 0 Å². The molecule has 0 aliphatic carbocycles. The zero-order chi connectivity index (χ0) is 21.1. The van der Waals surface area contributed by atoms with E-state index in [4.69, 9.17) is 4.74 Å². The van der Waals surface area contributed by atoms with Crippen LogP contribution in [0.5, 0.6) is 0 Å². The van der Waals surface area contributed by atoms with Gasteiger partial charge in [-0.1, -0.05) is 13.8 Å². The van der Waals surface area contributed by atoms with E-state index in [1.54, 1.807) is 17.0 Å². The molecule has 3 atom stereocenters. The van der Waals surface area contributed by atoms with Crippen LogP contribution in [0.4, 0.5) is 11.4 Å². The maximum atomic E-state index is 12.5. The van der Waals surface area contributed by atoms with Gasteiger partial charge in [0.25, 0.3) is 11.6 Å². The Morgan fingerprint density at radius 2 is 1.79 bits per heavy atom. The molecule has 0 aromatic heterocycles. The molecule has 0 bridgehead atoms. The minimum Gasteiger partial charge on any atom is -0.449 e. The highest BCUT2D eigenvalue weighted by Gasteiger charge is 2.30. The summed E-state index contributed by atoms with van der Waals surface area (Å²) in [7, 11) is 0. The molecule has 2 aliphatic heterocycles. The Morgan fingerprint density at radius 1 is 1.17 bits per heavy atom.